The Morgan fingerprint density at radius 2 is 1.71 bits per heavy atom. The van der Waals surface area contributed by atoms with Crippen LogP contribution in [0, 0.1) is 5.82 Å². The van der Waals surface area contributed by atoms with Crippen molar-refractivity contribution in [3.63, 3.8) is 0 Å². The fourth-order valence-electron chi connectivity index (χ4n) is 3.29. The third-order valence-corrected chi connectivity index (χ3v) is 4.85. The first-order chi connectivity index (χ1) is 15.2. The zero-order chi connectivity index (χ0) is 21.2. The molecule has 152 valence electrons. The molecule has 3 heterocycles. The van der Waals surface area contributed by atoms with Gasteiger partial charge in [0.1, 0.15) is 11.6 Å². The van der Waals surface area contributed by atoms with Crippen LogP contribution in [0.25, 0.3) is 28.2 Å². The molecule has 0 spiro atoms. The number of hydrogen-bond acceptors (Lipinski definition) is 6. The summed E-state index contributed by atoms with van der Waals surface area (Å²) in [5, 5.41) is 4.18. The number of rotatable bonds is 5. The number of pyridine rings is 1. The number of aromatic nitrogens is 5. The number of halogens is 1. The van der Waals surface area contributed by atoms with Gasteiger partial charge in [0.05, 0.1) is 11.1 Å². The second-order valence-electron chi connectivity index (χ2n) is 6.95. The van der Waals surface area contributed by atoms with E-state index in [1.807, 2.05) is 42.5 Å². The number of benzene rings is 2. The summed E-state index contributed by atoms with van der Waals surface area (Å²) >= 11 is 0. The Kier molecular flexibility index (Phi) is 4.72. The van der Waals surface area contributed by atoms with Crippen LogP contribution in [-0.2, 0) is 6.54 Å². The molecule has 5 rings (SSSR count). The minimum atomic E-state index is -0.311. The number of nitrogens with zero attached hydrogens (tertiary/aromatic N) is 5. The van der Waals surface area contributed by atoms with Crippen LogP contribution in [0.15, 0.2) is 79.1 Å². The summed E-state index contributed by atoms with van der Waals surface area (Å²) in [6.07, 6.45) is 3.41. The van der Waals surface area contributed by atoms with Crippen molar-refractivity contribution in [1.82, 2.24) is 24.5 Å². The summed E-state index contributed by atoms with van der Waals surface area (Å²) in [7, 11) is 0. The lowest BCUT2D eigenvalue weighted by atomic mass is 10.2. The quantitative estimate of drug-likeness (QED) is 0.450. The average molecular weight is 411 g/mol. The first kappa shape index (κ1) is 18.7. The molecule has 3 N–H and O–H groups in total. The van der Waals surface area contributed by atoms with Crippen molar-refractivity contribution < 1.29 is 4.39 Å². The number of anilines is 2. The first-order valence-electron chi connectivity index (χ1n) is 9.69. The highest BCUT2D eigenvalue weighted by atomic mass is 19.1. The second-order valence-corrected chi connectivity index (χ2v) is 6.95. The minimum Gasteiger partial charge on any atom is -0.369 e. The molecule has 0 aliphatic heterocycles. The number of hydrogen-bond donors (Lipinski definition) is 2. The van der Waals surface area contributed by atoms with E-state index in [0.717, 1.165) is 16.5 Å². The van der Waals surface area contributed by atoms with Gasteiger partial charge >= 0.3 is 0 Å². The fourth-order valence-corrected chi connectivity index (χ4v) is 3.29. The summed E-state index contributed by atoms with van der Waals surface area (Å²) in [6, 6.07) is 19.9. The molecule has 0 atom stereocenters. The maximum Gasteiger partial charge on any atom is 0.240 e. The number of fused-ring (bicyclic) bond motifs is 1. The number of nitrogens with two attached hydrogens (primary N) is 1. The van der Waals surface area contributed by atoms with Gasteiger partial charge in [0, 0.05) is 24.5 Å². The molecule has 8 heteroatoms. The summed E-state index contributed by atoms with van der Waals surface area (Å²) in [4.78, 5) is 18.0. The smallest absolute Gasteiger partial charge is 0.240 e. The second kappa shape index (κ2) is 7.83. The lowest BCUT2D eigenvalue weighted by Gasteiger charge is -2.11. The molecule has 0 saturated heterocycles. The molecule has 0 amide bonds. The Labute approximate surface area is 177 Å². The monoisotopic (exact) mass is 411 g/mol. The Bertz CT molecular complexity index is 1350. The van der Waals surface area contributed by atoms with Crippen LogP contribution in [0.1, 0.15) is 5.56 Å². The number of nitrogen functional groups attached to an aromatic ring is 1. The maximum atomic E-state index is 13.3. The van der Waals surface area contributed by atoms with Crippen LogP contribution in [0.3, 0.4) is 0 Å². The molecule has 0 bridgehead atoms. The van der Waals surface area contributed by atoms with E-state index in [0.29, 0.717) is 29.7 Å². The van der Waals surface area contributed by atoms with Gasteiger partial charge in [-0.15, -0.1) is 0 Å². The zero-order valence-corrected chi connectivity index (χ0v) is 16.4. The van der Waals surface area contributed by atoms with Crippen molar-refractivity contribution in [3.8, 4) is 17.2 Å². The Balaban J connectivity index is 1.55. The minimum absolute atomic E-state index is 0.226. The molecular weight excluding hydrogens is 393 g/mol. The standard InChI is InChI=1S/C23H18FN7/c24-17-10-8-16(9-11-17)19-14-31(22(25)28-19)23-29-20-18(7-4-12-26-20)21(30-23)27-13-15-5-2-1-3-6-15/h1-12,14H,13H2,(H2,25,28)(H,26,27,29,30). The highest BCUT2D eigenvalue weighted by Gasteiger charge is 2.14. The maximum absolute atomic E-state index is 13.3. The summed E-state index contributed by atoms with van der Waals surface area (Å²) in [5.41, 5.74) is 9.17. The molecule has 0 unspecified atom stereocenters. The zero-order valence-electron chi connectivity index (χ0n) is 16.4. The van der Waals surface area contributed by atoms with Gasteiger partial charge in [0.25, 0.3) is 0 Å². The van der Waals surface area contributed by atoms with Crippen LogP contribution in [0.2, 0.25) is 0 Å². The van der Waals surface area contributed by atoms with E-state index < -0.39 is 0 Å². The SMILES string of the molecule is Nc1nc(-c2ccc(F)cc2)cn1-c1nc(NCc2ccccc2)c2cccnc2n1. The number of imidazole rings is 1. The van der Waals surface area contributed by atoms with Crippen molar-refractivity contribution in [2.75, 3.05) is 11.1 Å². The number of nitrogens with one attached hydrogen (secondary N) is 1. The van der Waals surface area contributed by atoms with Crippen LogP contribution < -0.4 is 11.1 Å². The summed E-state index contributed by atoms with van der Waals surface area (Å²) in [6.45, 7) is 0.599. The van der Waals surface area contributed by atoms with Crippen LogP contribution in [0.4, 0.5) is 16.2 Å². The van der Waals surface area contributed by atoms with Gasteiger partial charge in [0.2, 0.25) is 11.9 Å². The first-order valence-corrected chi connectivity index (χ1v) is 9.69. The van der Waals surface area contributed by atoms with Crippen molar-refractivity contribution in [3.05, 3.63) is 90.5 Å². The Hall–Kier alpha value is -4.33. The molecule has 5 aromatic rings. The third-order valence-electron chi connectivity index (χ3n) is 4.85. The van der Waals surface area contributed by atoms with E-state index in [1.54, 1.807) is 29.1 Å². The van der Waals surface area contributed by atoms with Gasteiger partial charge in [-0.25, -0.2) is 14.4 Å². The largest absolute Gasteiger partial charge is 0.369 e. The Morgan fingerprint density at radius 1 is 0.903 bits per heavy atom. The summed E-state index contributed by atoms with van der Waals surface area (Å²) in [5.74, 6) is 0.909. The molecule has 0 radical (unpaired) electrons. The van der Waals surface area contributed by atoms with E-state index in [9.17, 15) is 4.39 Å². The van der Waals surface area contributed by atoms with Crippen molar-refractivity contribution in [2.24, 2.45) is 0 Å². The van der Waals surface area contributed by atoms with Gasteiger partial charge in [0.15, 0.2) is 5.65 Å². The normalized spacial score (nSPS) is 11.0. The third kappa shape index (κ3) is 3.78. The molecule has 0 aliphatic carbocycles. The van der Waals surface area contributed by atoms with Crippen molar-refractivity contribution >= 4 is 22.8 Å². The molecule has 7 nitrogen and oxygen atoms in total. The van der Waals surface area contributed by atoms with E-state index in [2.05, 4.69) is 25.3 Å². The van der Waals surface area contributed by atoms with Crippen LogP contribution in [-0.4, -0.2) is 24.5 Å². The van der Waals surface area contributed by atoms with E-state index in [1.165, 1.54) is 12.1 Å². The molecule has 0 fully saturated rings. The molecule has 2 aromatic carbocycles. The lowest BCUT2D eigenvalue weighted by Crippen LogP contribution is -2.09. The average Bonchev–Trinajstić information content (AvgIpc) is 3.20. The predicted octanol–water partition coefficient (Wildman–Crippen LogP) is 4.21. The van der Waals surface area contributed by atoms with E-state index in [4.69, 9.17) is 5.73 Å². The topological polar surface area (TPSA) is 94.5 Å². The van der Waals surface area contributed by atoms with Gasteiger partial charge in [-0.05, 0) is 42.0 Å². The fraction of sp³-hybridized carbons (Fsp3) is 0.0435. The van der Waals surface area contributed by atoms with E-state index >= 15 is 0 Å². The van der Waals surface area contributed by atoms with E-state index in [-0.39, 0.29) is 11.8 Å². The molecular formula is C23H18FN7. The highest BCUT2D eigenvalue weighted by molar-refractivity contribution is 5.86. The van der Waals surface area contributed by atoms with Gasteiger partial charge in [-0.1, -0.05) is 30.3 Å². The van der Waals surface area contributed by atoms with Gasteiger partial charge in [-0.3, -0.25) is 4.57 Å². The molecule has 0 aliphatic rings. The highest BCUT2D eigenvalue weighted by Crippen LogP contribution is 2.25. The van der Waals surface area contributed by atoms with Crippen LogP contribution >= 0.6 is 0 Å². The predicted molar refractivity (Wildman–Crippen MR) is 118 cm³/mol. The molecule has 0 saturated carbocycles. The molecule has 31 heavy (non-hydrogen) atoms. The van der Waals surface area contributed by atoms with Crippen LogP contribution in [0.5, 0.6) is 0 Å². The molecule has 3 aromatic heterocycles. The summed E-state index contributed by atoms with van der Waals surface area (Å²) < 4.78 is 14.9. The van der Waals surface area contributed by atoms with Crippen molar-refractivity contribution in [1.29, 1.82) is 0 Å². The van der Waals surface area contributed by atoms with Crippen molar-refractivity contribution in [2.45, 2.75) is 6.54 Å². The van der Waals surface area contributed by atoms with Gasteiger partial charge < -0.3 is 11.1 Å². The van der Waals surface area contributed by atoms with Gasteiger partial charge in [-0.2, -0.15) is 9.97 Å². The lowest BCUT2D eigenvalue weighted by molar-refractivity contribution is 0.628. The Morgan fingerprint density at radius 3 is 2.52 bits per heavy atom.